The fourth-order valence-corrected chi connectivity index (χ4v) is 4.20. The molecule has 0 saturated heterocycles. The lowest BCUT2D eigenvalue weighted by Gasteiger charge is -2.09. The molecule has 0 spiro atoms. The van der Waals surface area contributed by atoms with E-state index in [-0.39, 0.29) is 16.6 Å². The molecule has 144 valence electrons. The van der Waals surface area contributed by atoms with Crippen molar-refractivity contribution in [2.75, 3.05) is 15.8 Å². The molecule has 0 unspecified atom stereocenters. The third kappa shape index (κ3) is 5.76. The Morgan fingerprint density at radius 3 is 2.14 bits per heavy atom. The second-order valence-electron chi connectivity index (χ2n) is 5.79. The topological polar surface area (TPSA) is 75.3 Å². The summed E-state index contributed by atoms with van der Waals surface area (Å²) in [5.74, 6) is 0.0509. The monoisotopic (exact) mass is 432 g/mol. The number of rotatable bonds is 7. The number of anilines is 2. The van der Waals surface area contributed by atoms with E-state index in [2.05, 4.69) is 10.0 Å². The van der Waals surface area contributed by atoms with Gasteiger partial charge in [0.2, 0.25) is 5.91 Å². The Hall–Kier alpha value is -2.48. The highest BCUT2D eigenvalue weighted by atomic mass is 35.5. The summed E-state index contributed by atoms with van der Waals surface area (Å²) in [6.45, 7) is 0. The van der Waals surface area contributed by atoms with E-state index < -0.39 is 10.0 Å². The van der Waals surface area contributed by atoms with Crippen LogP contribution in [0.3, 0.4) is 0 Å². The Morgan fingerprint density at radius 2 is 1.50 bits per heavy atom. The zero-order chi connectivity index (χ0) is 20.0. The van der Waals surface area contributed by atoms with Crippen molar-refractivity contribution < 1.29 is 13.2 Å². The minimum atomic E-state index is -3.69. The SMILES string of the molecule is O=C(CSc1ccc(Cl)cc1)Nc1ccc(S(=O)(=O)Nc2ccccc2)cc1. The van der Waals surface area contributed by atoms with Crippen LogP contribution in [0.5, 0.6) is 0 Å². The lowest BCUT2D eigenvalue weighted by atomic mass is 10.3. The molecule has 0 saturated carbocycles. The summed E-state index contributed by atoms with van der Waals surface area (Å²) in [6.07, 6.45) is 0. The van der Waals surface area contributed by atoms with E-state index in [0.717, 1.165) is 4.90 Å². The third-order valence-electron chi connectivity index (χ3n) is 3.66. The number of carbonyl (C=O) groups is 1. The smallest absolute Gasteiger partial charge is 0.261 e. The van der Waals surface area contributed by atoms with Crippen molar-refractivity contribution in [2.45, 2.75) is 9.79 Å². The van der Waals surface area contributed by atoms with Crippen molar-refractivity contribution in [1.82, 2.24) is 0 Å². The Labute approximate surface area is 173 Å². The second-order valence-corrected chi connectivity index (χ2v) is 8.95. The number of thioether (sulfide) groups is 1. The fraction of sp³-hybridized carbons (Fsp3) is 0.0500. The van der Waals surface area contributed by atoms with Crippen LogP contribution in [0.15, 0.2) is 88.7 Å². The molecule has 1 amide bonds. The van der Waals surface area contributed by atoms with Gasteiger partial charge in [-0.05, 0) is 60.7 Å². The molecule has 3 rings (SSSR count). The molecule has 3 aromatic rings. The highest BCUT2D eigenvalue weighted by Crippen LogP contribution is 2.21. The van der Waals surface area contributed by atoms with Gasteiger partial charge in [0.1, 0.15) is 0 Å². The molecule has 0 aromatic heterocycles. The maximum absolute atomic E-state index is 12.4. The quantitative estimate of drug-likeness (QED) is 0.522. The van der Waals surface area contributed by atoms with Gasteiger partial charge in [-0.25, -0.2) is 8.42 Å². The van der Waals surface area contributed by atoms with Crippen molar-refractivity contribution in [2.24, 2.45) is 0 Å². The number of hydrogen-bond donors (Lipinski definition) is 2. The molecular formula is C20H17ClN2O3S2. The predicted octanol–water partition coefficient (Wildman–Crippen LogP) is 4.87. The lowest BCUT2D eigenvalue weighted by molar-refractivity contribution is -0.113. The van der Waals surface area contributed by atoms with Gasteiger partial charge in [-0.1, -0.05) is 29.8 Å². The Balaban J connectivity index is 1.57. The van der Waals surface area contributed by atoms with Gasteiger partial charge < -0.3 is 5.32 Å². The first-order chi connectivity index (χ1) is 13.4. The normalized spacial score (nSPS) is 11.0. The van der Waals surface area contributed by atoms with Gasteiger partial charge in [0.25, 0.3) is 10.0 Å². The van der Waals surface area contributed by atoms with E-state index in [0.29, 0.717) is 16.4 Å². The molecule has 0 aliphatic carbocycles. The molecule has 0 fully saturated rings. The summed E-state index contributed by atoms with van der Waals surface area (Å²) < 4.78 is 27.3. The first-order valence-electron chi connectivity index (χ1n) is 8.28. The fourth-order valence-electron chi connectivity index (χ4n) is 2.31. The third-order valence-corrected chi connectivity index (χ3v) is 6.32. The van der Waals surface area contributed by atoms with E-state index in [4.69, 9.17) is 11.6 Å². The van der Waals surface area contributed by atoms with Crippen molar-refractivity contribution >= 4 is 50.7 Å². The van der Waals surface area contributed by atoms with E-state index in [1.54, 1.807) is 54.6 Å². The summed E-state index contributed by atoms with van der Waals surface area (Å²) >= 11 is 7.22. The molecule has 5 nitrogen and oxygen atoms in total. The van der Waals surface area contributed by atoms with Crippen LogP contribution in [0.1, 0.15) is 0 Å². The number of hydrogen-bond acceptors (Lipinski definition) is 4. The Kier molecular flexibility index (Phi) is 6.61. The van der Waals surface area contributed by atoms with E-state index in [1.807, 2.05) is 12.1 Å². The summed E-state index contributed by atoms with van der Waals surface area (Å²) in [4.78, 5) is 13.1. The van der Waals surface area contributed by atoms with Crippen LogP contribution in [0.25, 0.3) is 0 Å². The van der Waals surface area contributed by atoms with Crippen LogP contribution in [0.2, 0.25) is 5.02 Å². The van der Waals surface area contributed by atoms with Crippen LogP contribution in [0, 0.1) is 0 Å². The van der Waals surface area contributed by atoms with Crippen LogP contribution in [-0.2, 0) is 14.8 Å². The average Bonchev–Trinajstić information content (AvgIpc) is 2.68. The number of carbonyl (C=O) groups excluding carboxylic acids is 1. The summed E-state index contributed by atoms with van der Waals surface area (Å²) in [6, 6.07) is 21.9. The second kappa shape index (κ2) is 9.14. The Morgan fingerprint density at radius 1 is 0.857 bits per heavy atom. The molecule has 0 bridgehead atoms. The van der Waals surface area contributed by atoms with Gasteiger partial charge in [0.15, 0.2) is 0 Å². The molecule has 28 heavy (non-hydrogen) atoms. The van der Waals surface area contributed by atoms with E-state index in [9.17, 15) is 13.2 Å². The summed E-state index contributed by atoms with van der Waals surface area (Å²) in [5, 5.41) is 3.39. The molecule has 0 heterocycles. The first kappa shape index (κ1) is 20.3. The molecule has 8 heteroatoms. The number of nitrogens with one attached hydrogen (secondary N) is 2. The van der Waals surface area contributed by atoms with Crippen LogP contribution < -0.4 is 10.0 Å². The zero-order valence-corrected chi connectivity index (χ0v) is 17.0. The van der Waals surface area contributed by atoms with Gasteiger partial charge in [0.05, 0.1) is 10.6 Å². The molecule has 0 aliphatic rings. The standard InChI is InChI=1S/C20H17ClN2O3S2/c21-15-6-10-18(11-7-15)27-14-20(24)22-16-8-12-19(13-9-16)28(25,26)23-17-4-2-1-3-5-17/h1-13,23H,14H2,(H,22,24). The molecule has 0 radical (unpaired) electrons. The molecular weight excluding hydrogens is 416 g/mol. The van der Waals surface area contributed by atoms with Crippen LogP contribution in [0.4, 0.5) is 11.4 Å². The van der Waals surface area contributed by atoms with E-state index >= 15 is 0 Å². The van der Waals surface area contributed by atoms with Crippen molar-refractivity contribution in [3.8, 4) is 0 Å². The minimum Gasteiger partial charge on any atom is -0.325 e. The Bertz CT molecular complexity index is 1040. The number of para-hydroxylation sites is 1. The van der Waals surface area contributed by atoms with Gasteiger partial charge in [0, 0.05) is 21.3 Å². The molecule has 2 N–H and O–H groups in total. The highest BCUT2D eigenvalue weighted by molar-refractivity contribution is 8.00. The zero-order valence-electron chi connectivity index (χ0n) is 14.6. The van der Waals surface area contributed by atoms with Crippen LogP contribution in [-0.4, -0.2) is 20.1 Å². The van der Waals surface area contributed by atoms with Crippen molar-refractivity contribution in [3.63, 3.8) is 0 Å². The average molecular weight is 433 g/mol. The molecule has 0 aliphatic heterocycles. The lowest BCUT2D eigenvalue weighted by Crippen LogP contribution is -2.15. The van der Waals surface area contributed by atoms with Gasteiger partial charge in [-0.2, -0.15) is 0 Å². The first-order valence-corrected chi connectivity index (χ1v) is 11.1. The number of amides is 1. The van der Waals surface area contributed by atoms with E-state index in [1.165, 1.54) is 23.9 Å². The number of sulfonamides is 1. The van der Waals surface area contributed by atoms with Gasteiger partial charge >= 0.3 is 0 Å². The summed E-state index contributed by atoms with van der Waals surface area (Å²) in [5.41, 5.74) is 1.01. The molecule has 3 aromatic carbocycles. The summed E-state index contributed by atoms with van der Waals surface area (Å²) in [7, 11) is -3.69. The largest absolute Gasteiger partial charge is 0.325 e. The van der Waals surface area contributed by atoms with Crippen LogP contribution >= 0.6 is 23.4 Å². The molecule has 0 atom stereocenters. The minimum absolute atomic E-state index is 0.116. The number of benzene rings is 3. The highest BCUT2D eigenvalue weighted by Gasteiger charge is 2.14. The maximum Gasteiger partial charge on any atom is 0.261 e. The number of halogens is 1. The van der Waals surface area contributed by atoms with Gasteiger partial charge in [-0.15, -0.1) is 11.8 Å². The van der Waals surface area contributed by atoms with Gasteiger partial charge in [-0.3, -0.25) is 9.52 Å². The maximum atomic E-state index is 12.4. The predicted molar refractivity (Wildman–Crippen MR) is 114 cm³/mol. The van der Waals surface area contributed by atoms with Crippen molar-refractivity contribution in [3.05, 3.63) is 83.9 Å². The van der Waals surface area contributed by atoms with Crippen molar-refractivity contribution in [1.29, 1.82) is 0 Å².